The lowest BCUT2D eigenvalue weighted by Crippen LogP contribution is -2.50. The third-order valence-electron chi connectivity index (χ3n) is 4.81. The molecule has 1 aromatic heterocycles. The van der Waals surface area contributed by atoms with Gasteiger partial charge in [-0.3, -0.25) is 9.59 Å². The average molecular weight is 385 g/mol. The molecule has 1 N–H and O–H groups in total. The third kappa shape index (κ3) is 3.85. The van der Waals surface area contributed by atoms with Crippen molar-refractivity contribution in [1.82, 2.24) is 14.8 Å². The summed E-state index contributed by atoms with van der Waals surface area (Å²) in [5, 5.41) is 9.06. The molecular weight excluding hydrogens is 365 g/mol. The van der Waals surface area contributed by atoms with Crippen LogP contribution in [0.15, 0.2) is 30.3 Å². The number of carboxylic acids is 1. The molecular formula is C20H20FN3O4. The maximum atomic E-state index is 13.7. The summed E-state index contributed by atoms with van der Waals surface area (Å²) in [5.74, 6) is -2.10. The summed E-state index contributed by atoms with van der Waals surface area (Å²) in [5.41, 5.74) is 1.25. The summed E-state index contributed by atoms with van der Waals surface area (Å²) in [4.78, 5) is 43.5. The second-order valence-electron chi connectivity index (χ2n) is 6.68. The third-order valence-corrected chi connectivity index (χ3v) is 4.81. The molecule has 1 aliphatic heterocycles. The van der Waals surface area contributed by atoms with Gasteiger partial charge in [0.05, 0.1) is 11.3 Å². The fourth-order valence-corrected chi connectivity index (χ4v) is 3.09. The zero-order chi connectivity index (χ0) is 20.4. The number of aryl methyl sites for hydroxylation is 2. The highest BCUT2D eigenvalue weighted by atomic mass is 19.1. The fraction of sp³-hybridized carbons (Fsp3) is 0.300. The molecule has 0 saturated carbocycles. The van der Waals surface area contributed by atoms with Crippen LogP contribution in [0.1, 0.15) is 42.5 Å². The van der Waals surface area contributed by atoms with Crippen LogP contribution in [0.3, 0.4) is 0 Å². The SMILES string of the molecule is Cc1ccc(C(=O)N2CCN(C(=O)c3ccc(C(=O)O)c(C)n3)CC2)cc1F. The molecule has 1 saturated heterocycles. The summed E-state index contributed by atoms with van der Waals surface area (Å²) in [6.07, 6.45) is 0. The first-order valence-electron chi connectivity index (χ1n) is 8.83. The molecule has 1 fully saturated rings. The molecule has 2 amide bonds. The van der Waals surface area contributed by atoms with Crippen LogP contribution >= 0.6 is 0 Å². The van der Waals surface area contributed by atoms with Crippen molar-refractivity contribution < 1.29 is 23.9 Å². The largest absolute Gasteiger partial charge is 0.478 e. The minimum Gasteiger partial charge on any atom is -0.478 e. The minimum absolute atomic E-state index is 0.0531. The van der Waals surface area contributed by atoms with E-state index in [1.165, 1.54) is 25.1 Å². The number of halogens is 1. The van der Waals surface area contributed by atoms with Crippen LogP contribution in [-0.2, 0) is 0 Å². The summed E-state index contributed by atoms with van der Waals surface area (Å²) < 4.78 is 13.7. The minimum atomic E-state index is -1.09. The maximum absolute atomic E-state index is 13.7. The molecule has 3 rings (SSSR count). The molecule has 1 aromatic carbocycles. The van der Waals surface area contributed by atoms with Gasteiger partial charge >= 0.3 is 5.97 Å². The number of aromatic nitrogens is 1. The zero-order valence-corrected chi connectivity index (χ0v) is 15.6. The summed E-state index contributed by atoms with van der Waals surface area (Å²) in [6, 6.07) is 7.15. The van der Waals surface area contributed by atoms with Gasteiger partial charge < -0.3 is 14.9 Å². The Morgan fingerprint density at radius 3 is 2.11 bits per heavy atom. The van der Waals surface area contributed by atoms with Gasteiger partial charge in [-0.15, -0.1) is 0 Å². The lowest BCUT2D eigenvalue weighted by atomic mass is 10.1. The number of carboxylic acid groups (broad SMARTS) is 1. The standard InChI is InChI=1S/C20H20FN3O4/c1-12-3-4-14(11-16(12)21)18(25)23-7-9-24(10-8-23)19(26)17-6-5-15(20(27)28)13(2)22-17/h3-6,11H,7-10H2,1-2H3,(H,27,28). The van der Waals surface area contributed by atoms with Crippen molar-refractivity contribution >= 4 is 17.8 Å². The van der Waals surface area contributed by atoms with E-state index in [-0.39, 0.29) is 34.3 Å². The number of hydrogen-bond acceptors (Lipinski definition) is 4. The Hall–Kier alpha value is -3.29. The molecule has 0 aliphatic carbocycles. The Kier molecular flexibility index (Phi) is 5.39. The van der Waals surface area contributed by atoms with Crippen molar-refractivity contribution in [2.45, 2.75) is 13.8 Å². The van der Waals surface area contributed by atoms with E-state index in [1.54, 1.807) is 28.9 Å². The van der Waals surface area contributed by atoms with Gasteiger partial charge in [0.1, 0.15) is 11.5 Å². The van der Waals surface area contributed by atoms with Gasteiger partial charge in [0.2, 0.25) is 0 Å². The molecule has 0 atom stereocenters. The monoisotopic (exact) mass is 385 g/mol. The van der Waals surface area contributed by atoms with E-state index >= 15 is 0 Å². The molecule has 7 nitrogen and oxygen atoms in total. The van der Waals surface area contributed by atoms with E-state index in [9.17, 15) is 18.8 Å². The summed E-state index contributed by atoms with van der Waals surface area (Å²) in [6.45, 7) is 4.46. The van der Waals surface area contributed by atoms with Crippen LogP contribution in [0.5, 0.6) is 0 Å². The van der Waals surface area contributed by atoms with Crippen molar-refractivity contribution in [1.29, 1.82) is 0 Å². The molecule has 0 unspecified atom stereocenters. The van der Waals surface area contributed by atoms with Crippen LogP contribution in [-0.4, -0.2) is 63.9 Å². The Bertz CT molecular complexity index is 952. The number of rotatable bonds is 3. The quantitative estimate of drug-likeness (QED) is 0.874. The molecule has 146 valence electrons. The van der Waals surface area contributed by atoms with Crippen LogP contribution in [0.2, 0.25) is 0 Å². The van der Waals surface area contributed by atoms with Gasteiger partial charge in [0, 0.05) is 31.7 Å². The molecule has 28 heavy (non-hydrogen) atoms. The zero-order valence-electron chi connectivity index (χ0n) is 15.6. The molecule has 0 bridgehead atoms. The maximum Gasteiger partial charge on any atom is 0.337 e. The topological polar surface area (TPSA) is 90.8 Å². The molecule has 8 heteroatoms. The number of carbonyl (C=O) groups is 3. The van der Waals surface area contributed by atoms with Crippen molar-refractivity contribution in [2.24, 2.45) is 0 Å². The summed E-state index contributed by atoms with van der Waals surface area (Å²) >= 11 is 0. The van der Waals surface area contributed by atoms with Gasteiger partial charge in [-0.25, -0.2) is 14.2 Å². The van der Waals surface area contributed by atoms with Crippen LogP contribution in [0.25, 0.3) is 0 Å². The van der Waals surface area contributed by atoms with E-state index in [2.05, 4.69) is 4.98 Å². The number of amides is 2. The van der Waals surface area contributed by atoms with Crippen molar-refractivity contribution in [3.8, 4) is 0 Å². The number of piperazine rings is 1. The normalized spacial score (nSPS) is 14.1. The highest BCUT2D eigenvalue weighted by Crippen LogP contribution is 2.15. The number of pyridine rings is 1. The molecule has 0 radical (unpaired) electrons. The number of nitrogens with zero attached hydrogens (tertiary/aromatic N) is 3. The predicted octanol–water partition coefficient (Wildman–Crippen LogP) is 2.13. The second kappa shape index (κ2) is 7.75. The lowest BCUT2D eigenvalue weighted by Gasteiger charge is -2.34. The van der Waals surface area contributed by atoms with Crippen molar-refractivity contribution in [3.63, 3.8) is 0 Å². The fourth-order valence-electron chi connectivity index (χ4n) is 3.09. The van der Waals surface area contributed by atoms with E-state index in [0.29, 0.717) is 31.7 Å². The van der Waals surface area contributed by atoms with E-state index in [4.69, 9.17) is 5.11 Å². The number of carbonyl (C=O) groups excluding carboxylic acids is 2. The van der Waals surface area contributed by atoms with Crippen LogP contribution in [0.4, 0.5) is 4.39 Å². The number of aromatic carboxylic acids is 1. The van der Waals surface area contributed by atoms with E-state index in [1.807, 2.05) is 0 Å². The first-order valence-corrected chi connectivity index (χ1v) is 8.83. The molecule has 0 spiro atoms. The van der Waals surface area contributed by atoms with Gasteiger partial charge in [-0.2, -0.15) is 0 Å². The van der Waals surface area contributed by atoms with E-state index < -0.39 is 11.8 Å². The molecule has 2 heterocycles. The first-order chi connectivity index (χ1) is 13.3. The van der Waals surface area contributed by atoms with Gasteiger partial charge in [-0.1, -0.05) is 6.07 Å². The van der Waals surface area contributed by atoms with Gasteiger partial charge in [0.25, 0.3) is 11.8 Å². The smallest absolute Gasteiger partial charge is 0.337 e. The van der Waals surface area contributed by atoms with Gasteiger partial charge in [-0.05, 0) is 43.7 Å². The lowest BCUT2D eigenvalue weighted by molar-refractivity contribution is 0.0532. The van der Waals surface area contributed by atoms with Crippen LogP contribution in [0, 0.1) is 19.7 Å². The second-order valence-corrected chi connectivity index (χ2v) is 6.68. The average Bonchev–Trinajstić information content (AvgIpc) is 2.68. The molecule has 2 aromatic rings. The predicted molar refractivity (Wildman–Crippen MR) is 98.9 cm³/mol. The summed E-state index contributed by atoms with van der Waals surface area (Å²) in [7, 11) is 0. The molecule has 1 aliphatic rings. The Balaban J connectivity index is 1.65. The Morgan fingerprint density at radius 1 is 0.964 bits per heavy atom. The first kappa shape index (κ1) is 19.5. The number of benzene rings is 1. The number of hydrogen-bond donors (Lipinski definition) is 1. The van der Waals surface area contributed by atoms with Crippen molar-refractivity contribution in [3.05, 3.63) is 64.2 Å². The highest BCUT2D eigenvalue weighted by molar-refractivity contribution is 5.96. The van der Waals surface area contributed by atoms with Crippen LogP contribution < -0.4 is 0 Å². The Labute approximate surface area is 161 Å². The Morgan fingerprint density at radius 2 is 1.57 bits per heavy atom. The highest BCUT2D eigenvalue weighted by Gasteiger charge is 2.26. The van der Waals surface area contributed by atoms with E-state index in [0.717, 1.165) is 0 Å². The van der Waals surface area contributed by atoms with Crippen molar-refractivity contribution in [2.75, 3.05) is 26.2 Å². The van der Waals surface area contributed by atoms with Gasteiger partial charge in [0.15, 0.2) is 0 Å².